The highest BCUT2D eigenvalue weighted by Gasteiger charge is 2.43. The first kappa shape index (κ1) is 14.0. The lowest BCUT2D eigenvalue weighted by Gasteiger charge is -2.26. The van der Waals surface area contributed by atoms with Gasteiger partial charge in [-0.25, -0.2) is 0 Å². The molecule has 0 unspecified atom stereocenters. The Labute approximate surface area is 116 Å². The van der Waals surface area contributed by atoms with E-state index in [0.717, 1.165) is 32.6 Å². The van der Waals surface area contributed by atoms with E-state index in [1.807, 2.05) is 6.07 Å². The number of benzene rings is 1. The monoisotopic (exact) mass is 257 g/mol. The van der Waals surface area contributed by atoms with Crippen molar-refractivity contribution in [2.24, 2.45) is 11.1 Å². The molecule has 1 aliphatic carbocycles. The normalized spacial score (nSPS) is 16.3. The highest BCUT2D eigenvalue weighted by molar-refractivity contribution is 5.14. The van der Waals surface area contributed by atoms with Crippen molar-refractivity contribution in [2.45, 2.75) is 32.2 Å². The van der Waals surface area contributed by atoms with Crippen LogP contribution in [0.2, 0.25) is 0 Å². The largest absolute Gasteiger partial charge is 0.330 e. The van der Waals surface area contributed by atoms with Gasteiger partial charge >= 0.3 is 0 Å². The van der Waals surface area contributed by atoms with Crippen molar-refractivity contribution in [2.75, 3.05) is 19.6 Å². The van der Waals surface area contributed by atoms with Crippen LogP contribution in [-0.2, 0) is 6.54 Å². The average molecular weight is 257 g/mol. The summed E-state index contributed by atoms with van der Waals surface area (Å²) in [5.41, 5.74) is 7.25. The van der Waals surface area contributed by atoms with Crippen LogP contribution in [0.25, 0.3) is 0 Å². The maximum atomic E-state index is 8.93. The Hall–Kier alpha value is -1.37. The average Bonchev–Trinajstić information content (AvgIpc) is 3.17. The second-order valence-corrected chi connectivity index (χ2v) is 5.67. The molecule has 0 saturated heterocycles. The number of hydrogen-bond donors (Lipinski definition) is 1. The minimum atomic E-state index is 0.276. The predicted octanol–water partition coefficient (Wildman–Crippen LogP) is 2.53. The molecule has 19 heavy (non-hydrogen) atoms. The molecular formula is C16H23N3. The second kappa shape index (κ2) is 6.70. The first-order valence-electron chi connectivity index (χ1n) is 7.11. The van der Waals surface area contributed by atoms with Crippen LogP contribution in [0, 0.1) is 16.7 Å². The van der Waals surface area contributed by atoms with E-state index >= 15 is 0 Å². The van der Waals surface area contributed by atoms with Crippen molar-refractivity contribution < 1.29 is 0 Å². The van der Waals surface area contributed by atoms with E-state index in [-0.39, 0.29) is 5.41 Å². The zero-order valence-corrected chi connectivity index (χ0v) is 11.5. The zero-order valence-electron chi connectivity index (χ0n) is 11.5. The minimum absolute atomic E-state index is 0.276. The van der Waals surface area contributed by atoms with Crippen LogP contribution in [0.3, 0.4) is 0 Å². The van der Waals surface area contributed by atoms with Gasteiger partial charge in [0.25, 0.3) is 0 Å². The summed E-state index contributed by atoms with van der Waals surface area (Å²) in [5.74, 6) is 0. The maximum Gasteiger partial charge on any atom is 0.0628 e. The molecule has 0 radical (unpaired) electrons. The van der Waals surface area contributed by atoms with Gasteiger partial charge in [-0.1, -0.05) is 30.3 Å². The first-order valence-corrected chi connectivity index (χ1v) is 7.11. The Morgan fingerprint density at radius 3 is 2.58 bits per heavy atom. The van der Waals surface area contributed by atoms with E-state index in [1.165, 1.54) is 18.4 Å². The van der Waals surface area contributed by atoms with Gasteiger partial charge in [0.1, 0.15) is 0 Å². The van der Waals surface area contributed by atoms with Gasteiger partial charge in [0.2, 0.25) is 0 Å². The predicted molar refractivity (Wildman–Crippen MR) is 77.3 cm³/mol. The fraction of sp³-hybridized carbons (Fsp3) is 0.562. The van der Waals surface area contributed by atoms with Gasteiger partial charge in [-0.3, -0.25) is 4.90 Å². The minimum Gasteiger partial charge on any atom is -0.330 e. The quantitative estimate of drug-likeness (QED) is 0.778. The Morgan fingerprint density at radius 1 is 1.26 bits per heavy atom. The van der Waals surface area contributed by atoms with E-state index in [0.29, 0.717) is 6.42 Å². The van der Waals surface area contributed by atoms with Crippen molar-refractivity contribution in [3.63, 3.8) is 0 Å². The smallest absolute Gasteiger partial charge is 0.0628 e. The van der Waals surface area contributed by atoms with Crippen molar-refractivity contribution in [3.05, 3.63) is 35.9 Å². The first-order chi connectivity index (χ1) is 9.28. The van der Waals surface area contributed by atoms with E-state index in [4.69, 9.17) is 11.0 Å². The molecular weight excluding hydrogens is 234 g/mol. The molecule has 102 valence electrons. The topological polar surface area (TPSA) is 53.0 Å². The van der Waals surface area contributed by atoms with Crippen molar-refractivity contribution in [1.82, 2.24) is 4.90 Å². The summed E-state index contributed by atoms with van der Waals surface area (Å²) in [4.78, 5) is 2.46. The number of nitriles is 1. The molecule has 1 aromatic rings. The molecule has 0 atom stereocenters. The Kier molecular flexibility index (Phi) is 4.95. The number of hydrogen-bond acceptors (Lipinski definition) is 3. The molecule has 3 heteroatoms. The van der Waals surface area contributed by atoms with Gasteiger partial charge < -0.3 is 5.73 Å². The van der Waals surface area contributed by atoms with Crippen molar-refractivity contribution in [1.29, 1.82) is 5.26 Å². The Balaban J connectivity index is 1.94. The number of nitrogens with two attached hydrogens (primary N) is 1. The molecule has 0 amide bonds. The summed E-state index contributed by atoms with van der Waals surface area (Å²) >= 11 is 0. The Bertz CT molecular complexity index is 417. The van der Waals surface area contributed by atoms with Gasteiger partial charge in [0.15, 0.2) is 0 Å². The lowest BCUT2D eigenvalue weighted by molar-refractivity contribution is 0.211. The molecule has 3 nitrogen and oxygen atoms in total. The molecule has 0 spiro atoms. The van der Waals surface area contributed by atoms with Crippen molar-refractivity contribution >= 4 is 0 Å². The highest BCUT2D eigenvalue weighted by Crippen LogP contribution is 2.49. The molecule has 2 rings (SSSR count). The SMILES string of the molecule is N#CCC1(CN(CCCN)Cc2ccccc2)CC1. The summed E-state index contributed by atoms with van der Waals surface area (Å²) in [6, 6.07) is 12.9. The third-order valence-electron chi connectivity index (χ3n) is 3.90. The molecule has 1 saturated carbocycles. The maximum absolute atomic E-state index is 8.93. The van der Waals surface area contributed by atoms with E-state index in [9.17, 15) is 0 Å². The second-order valence-electron chi connectivity index (χ2n) is 5.67. The van der Waals surface area contributed by atoms with Crippen LogP contribution in [-0.4, -0.2) is 24.5 Å². The highest BCUT2D eigenvalue weighted by atomic mass is 15.1. The number of nitrogens with zero attached hydrogens (tertiary/aromatic N) is 2. The van der Waals surface area contributed by atoms with Gasteiger partial charge in [0, 0.05) is 19.5 Å². The van der Waals surface area contributed by atoms with Crippen LogP contribution in [0.4, 0.5) is 0 Å². The van der Waals surface area contributed by atoms with E-state index < -0.39 is 0 Å². The van der Waals surface area contributed by atoms with Gasteiger partial charge in [-0.2, -0.15) is 5.26 Å². The summed E-state index contributed by atoms with van der Waals surface area (Å²) in [7, 11) is 0. The van der Waals surface area contributed by atoms with Crippen LogP contribution < -0.4 is 5.73 Å². The molecule has 0 bridgehead atoms. The van der Waals surface area contributed by atoms with Crippen LogP contribution in [0.15, 0.2) is 30.3 Å². The molecule has 2 N–H and O–H groups in total. The summed E-state index contributed by atoms with van der Waals surface area (Å²) in [6.45, 7) is 3.76. The third kappa shape index (κ3) is 4.34. The van der Waals surface area contributed by atoms with Gasteiger partial charge in [-0.05, 0) is 43.3 Å². The molecule has 1 fully saturated rings. The van der Waals surface area contributed by atoms with Gasteiger partial charge in [0.05, 0.1) is 6.07 Å². The molecule has 0 heterocycles. The molecule has 0 aliphatic heterocycles. The van der Waals surface area contributed by atoms with Gasteiger partial charge in [-0.15, -0.1) is 0 Å². The van der Waals surface area contributed by atoms with Crippen LogP contribution >= 0.6 is 0 Å². The fourth-order valence-electron chi connectivity index (χ4n) is 2.58. The summed E-state index contributed by atoms with van der Waals surface area (Å²) < 4.78 is 0. The zero-order chi connectivity index (χ0) is 13.6. The standard InChI is InChI=1S/C16H23N3/c17-10-4-12-19(13-15-5-2-1-3-6-15)14-16(7-8-16)9-11-18/h1-3,5-6H,4,7-10,12-14,17H2. The third-order valence-corrected chi connectivity index (χ3v) is 3.90. The number of rotatable bonds is 8. The van der Waals surface area contributed by atoms with Crippen LogP contribution in [0.5, 0.6) is 0 Å². The molecule has 1 aromatic carbocycles. The summed E-state index contributed by atoms with van der Waals surface area (Å²) in [5, 5.41) is 8.93. The van der Waals surface area contributed by atoms with E-state index in [1.54, 1.807) is 0 Å². The van der Waals surface area contributed by atoms with Crippen molar-refractivity contribution in [3.8, 4) is 6.07 Å². The summed E-state index contributed by atoms with van der Waals surface area (Å²) in [6.07, 6.45) is 4.12. The Morgan fingerprint density at radius 2 is 2.00 bits per heavy atom. The molecule has 0 aromatic heterocycles. The lowest BCUT2D eigenvalue weighted by atomic mass is 10.0. The van der Waals surface area contributed by atoms with E-state index in [2.05, 4.69) is 35.2 Å². The van der Waals surface area contributed by atoms with Crippen LogP contribution in [0.1, 0.15) is 31.2 Å². The lowest BCUT2D eigenvalue weighted by Crippen LogP contribution is -2.32. The molecule has 1 aliphatic rings. The fourth-order valence-corrected chi connectivity index (χ4v) is 2.58.